The van der Waals surface area contributed by atoms with E-state index in [1.807, 2.05) is 91.0 Å². The van der Waals surface area contributed by atoms with Crippen LogP contribution < -0.4 is 5.32 Å². The first-order valence-corrected chi connectivity index (χ1v) is 8.93. The Morgan fingerprint density at radius 3 is 1.74 bits per heavy atom. The quantitative estimate of drug-likeness (QED) is 0.462. The normalized spacial score (nSPS) is 10.4. The minimum Gasteiger partial charge on any atom is -0.322 e. The van der Waals surface area contributed by atoms with Crippen molar-refractivity contribution < 1.29 is 4.79 Å². The van der Waals surface area contributed by atoms with Gasteiger partial charge in [-0.3, -0.25) is 4.79 Å². The summed E-state index contributed by atoms with van der Waals surface area (Å²) in [6.07, 6.45) is 0. The van der Waals surface area contributed by atoms with Gasteiger partial charge in [0.25, 0.3) is 5.91 Å². The average Bonchev–Trinajstić information content (AvgIpc) is 2.75. The predicted molar refractivity (Wildman–Crippen MR) is 112 cm³/mol. The molecule has 0 heterocycles. The fraction of sp³-hybridized carbons (Fsp3) is 0. The molecule has 0 aromatic heterocycles. The van der Waals surface area contributed by atoms with Gasteiger partial charge in [0.15, 0.2) is 0 Å². The number of benzene rings is 4. The maximum atomic E-state index is 13.1. The number of nitrogens with one attached hydrogen (secondary N) is 1. The third kappa shape index (κ3) is 3.65. The molecule has 0 aliphatic rings. The molecule has 0 radical (unpaired) electrons. The van der Waals surface area contributed by atoms with Crippen LogP contribution in [0.3, 0.4) is 0 Å². The predicted octanol–water partition coefficient (Wildman–Crippen LogP) is 6.27. The zero-order valence-electron chi connectivity index (χ0n) is 14.8. The fourth-order valence-corrected chi connectivity index (χ4v) is 3.24. The molecule has 130 valence electrons. The van der Waals surface area contributed by atoms with Crippen molar-refractivity contribution in [3.05, 3.63) is 115 Å². The topological polar surface area (TPSA) is 29.1 Å². The molecule has 2 heteroatoms. The van der Waals surface area contributed by atoms with Gasteiger partial charge in [-0.05, 0) is 34.9 Å². The number of rotatable bonds is 4. The SMILES string of the molecule is O=C(Nc1ccccc1)c1cccc(-c2ccccc2)c1-c1ccccc1. The molecular weight excluding hydrogens is 330 g/mol. The van der Waals surface area contributed by atoms with Gasteiger partial charge in [0.2, 0.25) is 0 Å². The summed E-state index contributed by atoms with van der Waals surface area (Å²) in [6, 6.07) is 35.7. The van der Waals surface area contributed by atoms with Crippen molar-refractivity contribution in [2.24, 2.45) is 0 Å². The van der Waals surface area contributed by atoms with Gasteiger partial charge in [0.1, 0.15) is 0 Å². The Labute approximate surface area is 159 Å². The van der Waals surface area contributed by atoms with Gasteiger partial charge in [-0.1, -0.05) is 91.0 Å². The summed E-state index contributed by atoms with van der Waals surface area (Å²) in [4.78, 5) is 13.1. The minimum absolute atomic E-state index is 0.113. The van der Waals surface area contributed by atoms with Crippen LogP contribution in [0, 0.1) is 0 Å². The van der Waals surface area contributed by atoms with E-state index < -0.39 is 0 Å². The number of carbonyl (C=O) groups excluding carboxylic acids is 1. The van der Waals surface area contributed by atoms with Crippen LogP contribution in [0.4, 0.5) is 5.69 Å². The first-order valence-electron chi connectivity index (χ1n) is 8.93. The van der Waals surface area contributed by atoms with Crippen LogP contribution in [0.15, 0.2) is 109 Å². The molecule has 2 nitrogen and oxygen atoms in total. The monoisotopic (exact) mass is 349 g/mol. The highest BCUT2D eigenvalue weighted by Gasteiger charge is 2.17. The van der Waals surface area contributed by atoms with Crippen molar-refractivity contribution in [3.8, 4) is 22.3 Å². The smallest absolute Gasteiger partial charge is 0.256 e. The van der Waals surface area contributed by atoms with Crippen molar-refractivity contribution in [3.63, 3.8) is 0 Å². The lowest BCUT2D eigenvalue weighted by atomic mass is 9.90. The van der Waals surface area contributed by atoms with E-state index >= 15 is 0 Å². The zero-order chi connectivity index (χ0) is 18.5. The van der Waals surface area contributed by atoms with E-state index in [1.165, 1.54) is 0 Å². The molecule has 0 aliphatic carbocycles. The largest absolute Gasteiger partial charge is 0.322 e. The second-order valence-electron chi connectivity index (χ2n) is 6.28. The van der Waals surface area contributed by atoms with Gasteiger partial charge in [-0.2, -0.15) is 0 Å². The molecule has 0 atom stereocenters. The molecule has 4 aromatic rings. The van der Waals surface area contributed by atoms with E-state index in [1.54, 1.807) is 0 Å². The van der Waals surface area contributed by atoms with E-state index in [4.69, 9.17) is 0 Å². The maximum Gasteiger partial charge on any atom is 0.256 e. The maximum absolute atomic E-state index is 13.1. The second-order valence-corrected chi connectivity index (χ2v) is 6.28. The van der Waals surface area contributed by atoms with Gasteiger partial charge in [0.05, 0.1) is 0 Å². The second kappa shape index (κ2) is 7.71. The zero-order valence-corrected chi connectivity index (χ0v) is 14.8. The Bertz CT molecular complexity index is 1040. The first-order chi connectivity index (χ1) is 13.3. The number of hydrogen-bond donors (Lipinski definition) is 1. The highest BCUT2D eigenvalue weighted by atomic mass is 16.1. The lowest BCUT2D eigenvalue weighted by Gasteiger charge is -2.16. The molecule has 0 spiro atoms. The summed E-state index contributed by atoms with van der Waals surface area (Å²) in [5.41, 5.74) is 5.54. The average molecular weight is 349 g/mol. The van der Waals surface area contributed by atoms with Crippen LogP contribution >= 0.6 is 0 Å². The van der Waals surface area contributed by atoms with Gasteiger partial charge >= 0.3 is 0 Å². The van der Waals surface area contributed by atoms with E-state index in [0.29, 0.717) is 5.56 Å². The Kier molecular flexibility index (Phi) is 4.80. The molecule has 0 fully saturated rings. The summed E-state index contributed by atoms with van der Waals surface area (Å²) < 4.78 is 0. The highest BCUT2D eigenvalue weighted by molar-refractivity contribution is 6.11. The fourth-order valence-electron chi connectivity index (χ4n) is 3.24. The van der Waals surface area contributed by atoms with Crippen LogP contribution in [0.1, 0.15) is 10.4 Å². The summed E-state index contributed by atoms with van der Waals surface area (Å²) >= 11 is 0. The molecule has 0 unspecified atom stereocenters. The van der Waals surface area contributed by atoms with Crippen LogP contribution in [0.25, 0.3) is 22.3 Å². The van der Waals surface area contributed by atoms with E-state index in [2.05, 4.69) is 23.5 Å². The Morgan fingerprint density at radius 1 is 0.556 bits per heavy atom. The van der Waals surface area contributed by atoms with E-state index in [9.17, 15) is 4.79 Å². The van der Waals surface area contributed by atoms with E-state index in [-0.39, 0.29) is 5.91 Å². The van der Waals surface area contributed by atoms with Crippen LogP contribution in [0.2, 0.25) is 0 Å². The van der Waals surface area contributed by atoms with Crippen LogP contribution in [-0.4, -0.2) is 5.91 Å². The summed E-state index contributed by atoms with van der Waals surface area (Å²) in [6.45, 7) is 0. The first kappa shape index (κ1) is 16.8. The van der Waals surface area contributed by atoms with E-state index in [0.717, 1.165) is 27.9 Å². The molecule has 27 heavy (non-hydrogen) atoms. The molecule has 4 aromatic carbocycles. The van der Waals surface area contributed by atoms with Crippen molar-refractivity contribution >= 4 is 11.6 Å². The molecule has 0 aliphatic heterocycles. The Morgan fingerprint density at radius 2 is 1.11 bits per heavy atom. The summed E-state index contributed by atoms with van der Waals surface area (Å²) in [7, 11) is 0. The molecule has 1 amide bonds. The molecule has 1 N–H and O–H groups in total. The summed E-state index contributed by atoms with van der Waals surface area (Å²) in [5.74, 6) is -0.113. The standard InChI is InChI=1S/C25H19NO/c27-25(26-21-15-8-3-9-16-21)23-18-10-17-22(19-11-4-1-5-12-19)24(23)20-13-6-2-7-14-20/h1-18H,(H,26,27). The van der Waals surface area contributed by atoms with Crippen LogP contribution in [-0.2, 0) is 0 Å². The molecule has 0 saturated heterocycles. The number of anilines is 1. The van der Waals surface area contributed by atoms with Crippen molar-refractivity contribution in [2.75, 3.05) is 5.32 Å². The lowest BCUT2D eigenvalue weighted by Crippen LogP contribution is -2.13. The third-order valence-corrected chi connectivity index (χ3v) is 4.49. The molecule has 0 bridgehead atoms. The van der Waals surface area contributed by atoms with Gasteiger partial charge in [0, 0.05) is 16.8 Å². The number of para-hydroxylation sites is 1. The summed E-state index contributed by atoms with van der Waals surface area (Å²) in [5, 5.41) is 3.01. The number of carbonyl (C=O) groups is 1. The van der Waals surface area contributed by atoms with Crippen molar-refractivity contribution in [2.45, 2.75) is 0 Å². The van der Waals surface area contributed by atoms with Crippen molar-refractivity contribution in [1.82, 2.24) is 0 Å². The van der Waals surface area contributed by atoms with Gasteiger partial charge < -0.3 is 5.32 Å². The number of amides is 1. The number of hydrogen-bond acceptors (Lipinski definition) is 1. The molecule has 4 rings (SSSR count). The Balaban J connectivity index is 1.85. The van der Waals surface area contributed by atoms with Gasteiger partial charge in [-0.15, -0.1) is 0 Å². The highest BCUT2D eigenvalue weighted by Crippen LogP contribution is 2.35. The van der Waals surface area contributed by atoms with Crippen molar-refractivity contribution in [1.29, 1.82) is 0 Å². The van der Waals surface area contributed by atoms with Gasteiger partial charge in [-0.25, -0.2) is 0 Å². The minimum atomic E-state index is -0.113. The lowest BCUT2D eigenvalue weighted by molar-refractivity contribution is 0.102. The third-order valence-electron chi connectivity index (χ3n) is 4.49. The molecular formula is C25H19NO. The van der Waals surface area contributed by atoms with Crippen LogP contribution in [0.5, 0.6) is 0 Å². The Hall–Kier alpha value is -3.65. The molecule has 0 saturated carbocycles.